The largest absolute Gasteiger partial charge is 0.493 e. The molecular formula is C24H31N3O3S. The predicted molar refractivity (Wildman–Crippen MR) is 129 cm³/mol. The van der Waals surface area contributed by atoms with Crippen molar-refractivity contribution in [1.82, 2.24) is 10.2 Å². The first kappa shape index (κ1) is 24.3. The fraction of sp³-hybridized carbons (Fsp3) is 0.375. The van der Waals surface area contributed by atoms with Gasteiger partial charge in [0.25, 0.3) is 5.91 Å². The van der Waals surface area contributed by atoms with Gasteiger partial charge in [0.15, 0.2) is 5.11 Å². The summed E-state index contributed by atoms with van der Waals surface area (Å²) in [6.45, 7) is 4.81. The minimum absolute atomic E-state index is 0.0968. The number of rotatable bonds is 9. The second-order valence-electron chi connectivity index (χ2n) is 7.92. The quantitative estimate of drug-likeness (QED) is 0.569. The third-order valence-electron chi connectivity index (χ3n) is 4.65. The van der Waals surface area contributed by atoms with Gasteiger partial charge >= 0.3 is 0 Å². The van der Waals surface area contributed by atoms with E-state index in [0.717, 1.165) is 17.7 Å². The van der Waals surface area contributed by atoms with Gasteiger partial charge < -0.3 is 15.0 Å². The first-order valence-corrected chi connectivity index (χ1v) is 10.8. The molecule has 7 heteroatoms. The predicted octanol–water partition coefficient (Wildman–Crippen LogP) is 4.26. The lowest BCUT2D eigenvalue weighted by atomic mass is 10.1. The molecule has 0 heterocycles. The summed E-state index contributed by atoms with van der Waals surface area (Å²) >= 11 is 5.29. The Morgan fingerprint density at radius 3 is 2.39 bits per heavy atom. The Kier molecular flexibility index (Phi) is 9.46. The molecule has 0 aliphatic heterocycles. The molecule has 166 valence electrons. The van der Waals surface area contributed by atoms with Gasteiger partial charge in [-0.1, -0.05) is 38.1 Å². The topological polar surface area (TPSA) is 70.7 Å². The number of benzene rings is 2. The van der Waals surface area contributed by atoms with Gasteiger partial charge in [0.05, 0.1) is 12.2 Å². The molecule has 0 spiro atoms. The van der Waals surface area contributed by atoms with E-state index in [0.29, 0.717) is 36.7 Å². The summed E-state index contributed by atoms with van der Waals surface area (Å²) in [5, 5.41) is 5.92. The summed E-state index contributed by atoms with van der Waals surface area (Å²) < 4.78 is 5.79. The zero-order valence-electron chi connectivity index (χ0n) is 18.6. The Morgan fingerprint density at radius 1 is 1.06 bits per heavy atom. The van der Waals surface area contributed by atoms with Crippen LogP contribution >= 0.6 is 12.2 Å². The normalized spacial score (nSPS) is 10.5. The van der Waals surface area contributed by atoms with Crippen molar-refractivity contribution in [3.05, 3.63) is 59.7 Å². The van der Waals surface area contributed by atoms with Crippen molar-refractivity contribution in [3.63, 3.8) is 0 Å². The number of para-hydroxylation sites is 1. The van der Waals surface area contributed by atoms with E-state index in [1.54, 1.807) is 37.2 Å². The summed E-state index contributed by atoms with van der Waals surface area (Å²) in [5.74, 6) is 0.841. The average Bonchev–Trinajstić information content (AvgIpc) is 2.72. The average molecular weight is 442 g/mol. The molecule has 2 rings (SSSR count). The van der Waals surface area contributed by atoms with Crippen molar-refractivity contribution in [2.24, 2.45) is 5.92 Å². The van der Waals surface area contributed by atoms with Crippen LogP contribution in [0.4, 0.5) is 5.69 Å². The van der Waals surface area contributed by atoms with Crippen LogP contribution in [0, 0.1) is 5.92 Å². The second-order valence-corrected chi connectivity index (χ2v) is 8.33. The highest BCUT2D eigenvalue weighted by Crippen LogP contribution is 2.19. The maximum Gasteiger partial charge on any atom is 0.261 e. The van der Waals surface area contributed by atoms with Crippen molar-refractivity contribution < 1.29 is 14.3 Å². The lowest BCUT2D eigenvalue weighted by Gasteiger charge is -2.14. The van der Waals surface area contributed by atoms with Gasteiger partial charge in [-0.3, -0.25) is 14.9 Å². The Balaban J connectivity index is 1.90. The smallest absolute Gasteiger partial charge is 0.261 e. The summed E-state index contributed by atoms with van der Waals surface area (Å²) in [4.78, 5) is 26.0. The SMILES string of the molecule is CC(C)CCOc1ccccc1C(=O)NC(=S)Nc1ccc(CCC(=O)N(C)C)cc1. The molecule has 0 aliphatic carbocycles. The Morgan fingerprint density at radius 2 is 1.74 bits per heavy atom. The van der Waals surface area contributed by atoms with Crippen LogP contribution < -0.4 is 15.4 Å². The molecule has 0 atom stereocenters. The van der Waals surface area contributed by atoms with Gasteiger partial charge in [-0.15, -0.1) is 0 Å². The van der Waals surface area contributed by atoms with E-state index >= 15 is 0 Å². The number of hydrogen-bond acceptors (Lipinski definition) is 4. The van der Waals surface area contributed by atoms with Crippen LogP contribution in [0.2, 0.25) is 0 Å². The van der Waals surface area contributed by atoms with Gasteiger partial charge in [-0.05, 0) is 60.8 Å². The van der Waals surface area contributed by atoms with Crippen molar-refractivity contribution >= 4 is 34.8 Å². The monoisotopic (exact) mass is 441 g/mol. The van der Waals surface area contributed by atoms with Crippen LogP contribution in [-0.4, -0.2) is 42.5 Å². The van der Waals surface area contributed by atoms with Crippen molar-refractivity contribution in [1.29, 1.82) is 0 Å². The fourth-order valence-electron chi connectivity index (χ4n) is 2.75. The first-order chi connectivity index (χ1) is 14.8. The molecule has 2 N–H and O–H groups in total. The van der Waals surface area contributed by atoms with Crippen LogP contribution in [0.5, 0.6) is 5.75 Å². The first-order valence-electron chi connectivity index (χ1n) is 10.4. The molecule has 6 nitrogen and oxygen atoms in total. The van der Waals surface area contributed by atoms with E-state index in [2.05, 4.69) is 24.5 Å². The molecule has 0 saturated carbocycles. The number of carbonyl (C=O) groups excluding carboxylic acids is 2. The van der Waals surface area contributed by atoms with Gasteiger partial charge in [0.1, 0.15) is 5.75 Å². The highest BCUT2D eigenvalue weighted by atomic mass is 32.1. The number of amides is 2. The second kappa shape index (κ2) is 12.1. The highest BCUT2D eigenvalue weighted by Gasteiger charge is 2.14. The van der Waals surface area contributed by atoms with Gasteiger partial charge in [0, 0.05) is 26.2 Å². The molecule has 0 radical (unpaired) electrons. The molecule has 0 fully saturated rings. The van der Waals surface area contributed by atoms with Gasteiger partial charge in [0.2, 0.25) is 5.91 Å². The van der Waals surface area contributed by atoms with Crippen LogP contribution in [0.1, 0.15) is 42.6 Å². The highest BCUT2D eigenvalue weighted by molar-refractivity contribution is 7.80. The summed E-state index contributed by atoms with van der Waals surface area (Å²) in [7, 11) is 3.50. The molecule has 0 saturated heterocycles. The molecule has 0 unspecified atom stereocenters. The third-order valence-corrected chi connectivity index (χ3v) is 4.85. The lowest BCUT2D eigenvalue weighted by Crippen LogP contribution is -2.34. The zero-order valence-corrected chi connectivity index (χ0v) is 19.4. The van der Waals surface area contributed by atoms with Crippen molar-refractivity contribution in [2.75, 3.05) is 26.0 Å². The van der Waals surface area contributed by atoms with Crippen molar-refractivity contribution in [2.45, 2.75) is 33.1 Å². The molecular weight excluding hydrogens is 410 g/mol. The molecule has 0 bridgehead atoms. The molecule has 2 aromatic carbocycles. The number of hydrogen-bond donors (Lipinski definition) is 2. The maximum absolute atomic E-state index is 12.7. The molecule has 31 heavy (non-hydrogen) atoms. The number of anilines is 1. The number of aryl methyl sites for hydroxylation is 1. The van der Waals surface area contributed by atoms with Crippen LogP contribution in [-0.2, 0) is 11.2 Å². The van der Waals surface area contributed by atoms with E-state index in [4.69, 9.17) is 17.0 Å². The third kappa shape index (κ3) is 8.38. The van der Waals surface area contributed by atoms with Crippen molar-refractivity contribution in [3.8, 4) is 5.75 Å². The molecule has 0 aromatic heterocycles. The summed E-state index contributed by atoms with van der Waals surface area (Å²) in [5.41, 5.74) is 2.26. The molecule has 0 aliphatic rings. The van der Waals surface area contributed by atoms with Gasteiger partial charge in [-0.2, -0.15) is 0 Å². The van der Waals surface area contributed by atoms with Crippen LogP contribution in [0.25, 0.3) is 0 Å². The Labute approximate surface area is 190 Å². The van der Waals surface area contributed by atoms with E-state index in [1.165, 1.54) is 0 Å². The van der Waals surface area contributed by atoms with Gasteiger partial charge in [-0.25, -0.2) is 0 Å². The van der Waals surface area contributed by atoms with E-state index in [1.807, 2.05) is 30.3 Å². The number of nitrogens with zero attached hydrogens (tertiary/aromatic N) is 1. The summed E-state index contributed by atoms with van der Waals surface area (Å²) in [6.07, 6.45) is 2.05. The number of thiocarbonyl (C=S) groups is 1. The number of nitrogens with one attached hydrogen (secondary N) is 2. The molecule has 2 aromatic rings. The van der Waals surface area contributed by atoms with Crippen LogP contribution in [0.3, 0.4) is 0 Å². The maximum atomic E-state index is 12.7. The van der Waals surface area contributed by atoms with E-state index in [-0.39, 0.29) is 16.9 Å². The standard InChI is InChI=1S/C24H31N3O3S/c1-17(2)15-16-30-21-8-6-5-7-20(21)23(29)26-24(31)25-19-12-9-18(10-13-19)11-14-22(28)27(3)4/h5-10,12-13,17H,11,14-16H2,1-4H3,(H2,25,26,29,31). The Bertz CT molecular complexity index is 895. The van der Waals surface area contributed by atoms with E-state index in [9.17, 15) is 9.59 Å². The number of ether oxygens (including phenoxy) is 1. The van der Waals surface area contributed by atoms with E-state index < -0.39 is 0 Å². The zero-order chi connectivity index (χ0) is 22.8. The minimum Gasteiger partial charge on any atom is -0.493 e. The molecule has 2 amide bonds. The van der Waals surface area contributed by atoms with Crippen LogP contribution in [0.15, 0.2) is 48.5 Å². The fourth-order valence-corrected chi connectivity index (χ4v) is 2.96. The number of carbonyl (C=O) groups is 2. The lowest BCUT2D eigenvalue weighted by molar-refractivity contribution is -0.128. The Hall–Kier alpha value is -2.93. The minimum atomic E-state index is -0.323. The summed E-state index contributed by atoms with van der Waals surface area (Å²) in [6, 6.07) is 14.7.